The fourth-order valence-corrected chi connectivity index (χ4v) is 3.67. The summed E-state index contributed by atoms with van der Waals surface area (Å²) in [4.78, 5) is 2.63. The molecule has 1 heterocycles. The molecule has 118 valence electrons. The van der Waals surface area contributed by atoms with Crippen LogP contribution in [0.5, 0.6) is 5.75 Å². The lowest BCUT2D eigenvalue weighted by molar-refractivity contribution is 0.139. The van der Waals surface area contributed by atoms with Crippen LogP contribution in [0.4, 0.5) is 0 Å². The minimum Gasteiger partial charge on any atom is -0.496 e. The van der Waals surface area contributed by atoms with Crippen LogP contribution in [0.15, 0.2) is 36.4 Å². The van der Waals surface area contributed by atoms with E-state index in [9.17, 15) is 0 Å². The minimum absolute atomic E-state index is 0.787. The van der Waals surface area contributed by atoms with E-state index < -0.39 is 0 Å². The summed E-state index contributed by atoms with van der Waals surface area (Å²) in [6.07, 6.45) is 2.72. The lowest BCUT2D eigenvalue weighted by Gasteiger charge is -2.35. The molecule has 0 aliphatic carbocycles. The van der Waals surface area contributed by atoms with Gasteiger partial charge in [-0.1, -0.05) is 44.2 Å². The van der Waals surface area contributed by atoms with Gasteiger partial charge in [-0.15, -0.1) is 0 Å². The molecule has 0 spiro atoms. The zero-order valence-electron chi connectivity index (χ0n) is 14.0. The van der Waals surface area contributed by atoms with Crippen molar-refractivity contribution in [1.82, 2.24) is 4.90 Å². The Bertz CT molecular complexity index is 635. The second-order valence-corrected chi connectivity index (χ2v) is 6.85. The number of hydrogen-bond acceptors (Lipinski definition) is 2. The Morgan fingerprint density at radius 2 is 1.91 bits per heavy atom. The number of ether oxygens (including phenoxy) is 1. The Kier molecular flexibility index (Phi) is 4.68. The van der Waals surface area contributed by atoms with Crippen LogP contribution in [0.2, 0.25) is 0 Å². The molecule has 3 rings (SSSR count). The highest BCUT2D eigenvalue weighted by Crippen LogP contribution is 2.30. The minimum atomic E-state index is 0.787. The van der Waals surface area contributed by atoms with Crippen LogP contribution in [0.3, 0.4) is 0 Å². The zero-order chi connectivity index (χ0) is 15.5. The van der Waals surface area contributed by atoms with Crippen molar-refractivity contribution in [2.45, 2.75) is 33.2 Å². The first-order valence-electron chi connectivity index (χ1n) is 8.46. The van der Waals surface area contributed by atoms with Gasteiger partial charge in [0.2, 0.25) is 0 Å². The Morgan fingerprint density at radius 3 is 2.64 bits per heavy atom. The fourth-order valence-electron chi connectivity index (χ4n) is 3.67. The Balaban J connectivity index is 1.85. The number of fused-ring (bicyclic) bond motifs is 1. The predicted molar refractivity (Wildman–Crippen MR) is 93.3 cm³/mol. The molecular weight excluding hydrogens is 270 g/mol. The van der Waals surface area contributed by atoms with Gasteiger partial charge >= 0.3 is 0 Å². The molecule has 2 nitrogen and oxygen atoms in total. The first kappa shape index (κ1) is 15.4. The van der Waals surface area contributed by atoms with E-state index in [2.05, 4.69) is 55.1 Å². The van der Waals surface area contributed by atoms with Gasteiger partial charge in [0.1, 0.15) is 5.75 Å². The van der Waals surface area contributed by atoms with E-state index in [0.29, 0.717) is 0 Å². The maximum Gasteiger partial charge on any atom is 0.126 e. The third kappa shape index (κ3) is 3.12. The molecule has 0 aromatic heterocycles. The molecule has 1 saturated heterocycles. The zero-order valence-corrected chi connectivity index (χ0v) is 14.0. The molecule has 1 aliphatic heterocycles. The van der Waals surface area contributed by atoms with Crippen LogP contribution in [-0.4, -0.2) is 25.1 Å². The van der Waals surface area contributed by atoms with Gasteiger partial charge in [0, 0.05) is 18.5 Å². The molecule has 1 fully saturated rings. The van der Waals surface area contributed by atoms with Gasteiger partial charge in [-0.05, 0) is 48.2 Å². The van der Waals surface area contributed by atoms with E-state index in [4.69, 9.17) is 4.74 Å². The first-order chi connectivity index (χ1) is 10.7. The molecule has 0 saturated carbocycles. The van der Waals surface area contributed by atoms with E-state index in [1.54, 1.807) is 7.11 Å². The summed E-state index contributed by atoms with van der Waals surface area (Å²) in [5.41, 5.74) is 1.42. The van der Waals surface area contributed by atoms with Crippen molar-refractivity contribution in [3.63, 3.8) is 0 Å². The summed E-state index contributed by atoms with van der Waals surface area (Å²) in [6, 6.07) is 12.9. The van der Waals surface area contributed by atoms with Gasteiger partial charge in [-0.3, -0.25) is 4.90 Å². The van der Waals surface area contributed by atoms with Crippen molar-refractivity contribution in [3.8, 4) is 5.75 Å². The number of likely N-dealkylation sites (tertiary alicyclic amines) is 1. The largest absolute Gasteiger partial charge is 0.496 e. The highest BCUT2D eigenvalue weighted by molar-refractivity contribution is 5.91. The van der Waals surface area contributed by atoms with E-state index in [0.717, 1.165) is 24.1 Å². The van der Waals surface area contributed by atoms with Crippen LogP contribution >= 0.6 is 0 Å². The quantitative estimate of drug-likeness (QED) is 0.810. The van der Waals surface area contributed by atoms with Gasteiger partial charge in [-0.2, -0.15) is 0 Å². The van der Waals surface area contributed by atoms with E-state index >= 15 is 0 Å². The molecule has 2 heteroatoms. The van der Waals surface area contributed by atoms with Gasteiger partial charge in [0.15, 0.2) is 0 Å². The standard InChI is InChI=1S/C20H27NO/c1-15(2)16-7-6-12-21(13-16)14-17-10-11-20(22-3)19-9-5-4-8-18(17)19/h4-5,8-11,15-16H,6-7,12-14H2,1-3H3/t16-/m1/s1. The molecule has 22 heavy (non-hydrogen) atoms. The highest BCUT2D eigenvalue weighted by atomic mass is 16.5. The summed E-state index contributed by atoms with van der Waals surface area (Å²) in [5.74, 6) is 2.60. The molecule has 1 aliphatic rings. The SMILES string of the molecule is COc1ccc(CN2CCC[C@@H](C(C)C)C2)c2ccccc12. The number of benzene rings is 2. The van der Waals surface area contributed by atoms with Gasteiger partial charge in [0.25, 0.3) is 0 Å². The third-order valence-electron chi connectivity index (χ3n) is 5.07. The molecule has 2 aromatic carbocycles. The summed E-state index contributed by atoms with van der Waals surface area (Å²) in [6.45, 7) is 8.23. The number of methoxy groups -OCH3 is 1. The number of rotatable bonds is 4. The third-order valence-corrected chi connectivity index (χ3v) is 5.07. The summed E-state index contributed by atoms with van der Waals surface area (Å²) in [5, 5.41) is 2.55. The van der Waals surface area contributed by atoms with E-state index in [1.165, 1.54) is 42.3 Å². The van der Waals surface area contributed by atoms with Gasteiger partial charge in [0.05, 0.1) is 7.11 Å². The lowest BCUT2D eigenvalue weighted by atomic mass is 9.87. The smallest absolute Gasteiger partial charge is 0.126 e. The topological polar surface area (TPSA) is 12.5 Å². The monoisotopic (exact) mass is 297 g/mol. The average Bonchev–Trinajstić information content (AvgIpc) is 2.55. The fraction of sp³-hybridized carbons (Fsp3) is 0.500. The maximum atomic E-state index is 5.51. The molecule has 0 radical (unpaired) electrons. The van der Waals surface area contributed by atoms with E-state index in [1.807, 2.05) is 0 Å². The van der Waals surface area contributed by atoms with Crippen LogP contribution in [0.25, 0.3) is 10.8 Å². The number of piperidine rings is 1. The summed E-state index contributed by atoms with van der Waals surface area (Å²) >= 11 is 0. The molecule has 0 N–H and O–H groups in total. The number of hydrogen-bond donors (Lipinski definition) is 0. The highest BCUT2D eigenvalue weighted by Gasteiger charge is 2.22. The Labute approximate surface area is 134 Å². The molecule has 0 bridgehead atoms. The normalized spacial score (nSPS) is 19.7. The van der Waals surface area contributed by atoms with Crippen LogP contribution in [0.1, 0.15) is 32.3 Å². The van der Waals surface area contributed by atoms with Crippen molar-refractivity contribution >= 4 is 10.8 Å². The lowest BCUT2D eigenvalue weighted by Crippen LogP contribution is -2.36. The maximum absolute atomic E-state index is 5.51. The van der Waals surface area contributed by atoms with Gasteiger partial charge in [-0.25, -0.2) is 0 Å². The number of nitrogens with zero attached hydrogens (tertiary/aromatic N) is 1. The van der Waals surface area contributed by atoms with Crippen LogP contribution in [-0.2, 0) is 6.54 Å². The Morgan fingerprint density at radius 1 is 1.14 bits per heavy atom. The first-order valence-corrected chi connectivity index (χ1v) is 8.46. The molecule has 0 unspecified atom stereocenters. The molecular formula is C20H27NO. The summed E-state index contributed by atoms with van der Waals surface area (Å²) < 4.78 is 5.51. The van der Waals surface area contributed by atoms with Crippen LogP contribution in [0, 0.1) is 11.8 Å². The van der Waals surface area contributed by atoms with Crippen LogP contribution < -0.4 is 4.74 Å². The van der Waals surface area contributed by atoms with Crippen molar-refractivity contribution in [3.05, 3.63) is 42.0 Å². The average molecular weight is 297 g/mol. The molecule has 2 aromatic rings. The Hall–Kier alpha value is -1.54. The molecule has 1 atom stereocenters. The second-order valence-electron chi connectivity index (χ2n) is 6.85. The van der Waals surface area contributed by atoms with E-state index in [-0.39, 0.29) is 0 Å². The predicted octanol–water partition coefficient (Wildman–Crippen LogP) is 4.72. The van der Waals surface area contributed by atoms with Crippen molar-refractivity contribution in [2.75, 3.05) is 20.2 Å². The van der Waals surface area contributed by atoms with Gasteiger partial charge < -0.3 is 4.74 Å². The van der Waals surface area contributed by atoms with Crippen molar-refractivity contribution in [2.24, 2.45) is 11.8 Å². The molecule has 0 amide bonds. The van der Waals surface area contributed by atoms with Crippen molar-refractivity contribution < 1.29 is 4.74 Å². The second kappa shape index (κ2) is 6.70. The summed E-state index contributed by atoms with van der Waals surface area (Å²) in [7, 11) is 1.75. The van der Waals surface area contributed by atoms with Crippen molar-refractivity contribution in [1.29, 1.82) is 0 Å².